The van der Waals surface area contributed by atoms with Gasteiger partial charge in [-0.2, -0.15) is 0 Å². The third-order valence-corrected chi connectivity index (χ3v) is 4.93. The minimum absolute atomic E-state index is 0.437. The molecule has 2 heteroatoms. The molecule has 16 heavy (non-hydrogen) atoms. The largest absolute Gasteiger partial charge is 0.381 e. The van der Waals surface area contributed by atoms with Crippen molar-refractivity contribution >= 4 is 11.6 Å². The van der Waals surface area contributed by atoms with Crippen LogP contribution in [0.3, 0.4) is 0 Å². The monoisotopic (exact) mass is 244 g/mol. The van der Waals surface area contributed by atoms with Crippen LogP contribution in [0.4, 0.5) is 0 Å². The van der Waals surface area contributed by atoms with Crippen molar-refractivity contribution < 1.29 is 4.74 Å². The minimum Gasteiger partial charge on any atom is -0.381 e. The highest BCUT2D eigenvalue weighted by Gasteiger charge is 2.52. The van der Waals surface area contributed by atoms with Crippen molar-refractivity contribution in [1.29, 1.82) is 0 Å². The smallest absolute Gasteiger partial charge is 0.0471 e. The van der Waals surface area contributed by atoms with E-state index in [1.54, 1.807) is 0 Å². The van der Waals surface area contributed by atoms with E-state index in [2.05, 4.69) is 13.8 Å². The SMILES string of the molecule is CC(C)CCOCCC1(CCl)CC2CC2C1. The normalized spacial score (nSPS) is 36.8. The molecule has 0 radical (unpaired) electrons. The van der Waals surface area contributed by atoms with Gasteiger partial charge in [0, 0.05) is 19.1 Å². The number of rotatable bonds is 7. The van der Waals surface area contributed by atoms with Crippen molar-refractivity contribution in [2.75, 3.05) is 19.1 Å². The van der Waals surface area contributed by atoms with Crippen LogP contribution in [0.2, 0.25) is 0 Å². The van der Waals surface area contributed by atoms with E-state index < -0.39 is 0 Å². The first-order valence-electron chi connectivity index (χ1n) is 6.79. The molecule has 0 aliphatic heterocycles. The third kappa shape index (κ3) is 3.13. The van der Waals surface area contributed by atoms with Gasteiger partial charge in [0.1, 0.15) is 0 Å². The summed E-state index contributed by atoms with van der Waals surface area (Å²) < 4.78 is 5.72. The summed E-state index contributed by atoms with van der Waals surface area (Å²) in [5.74, 6) is 3.64. The summed E-state index contributed by atoms with van der Waals surface area (Å²) in [4.78, 5) is 0. The Balaban J connectivity index is 1.61. The van der Waals surface area contributed by atoms with Crippen LogP contribution in [-0.2, 0) is 4.74 Å². The van der Waals surface area contributed by atoms with E-state index in [0.29, 0.717) is 5.41 Å². The topological polar surface area (TPSA) is 9.23 Å². The van der Waals surface area contributed by atoms with Crippen LogP contribution in [0.15, 0.2) is 0 Å². The fourth-order valence-corrected chi connectivity index (χ4v) is 3.45. The van der Waals surface area contributed by atoms with Gasteiger partial charge in [-0.3, -0.25) is 0 Å². The Morgan fingerprint density at radius 1 is 1.25 bits per heavy atom. The summed E-state index contributed by atoms with van der Waals surface area (Å²) in [5.41, 5.74) is 0.437. The van der Waals surface area contributed by atoms with Crippen LogP contribution in [-0.4, -0.2) is 19.1 Å². The first kappa shape index (κ1) is 12.7. The zero-order valence-corrected chi connectivity index (χ0v) is 11.4. The van der Waals surface area contributed by atoms with Gasteiger partial charge < -0.3 is 4.74 Å². The van der Waals surface area contributed by atoms with Gasteiger partial charge in [-0.15, -0.1) is 11.6 Å². The molecule has 2 unspecified atom stereocenters. The van der Waals surface area contributed by atoms with Crippen molar-refractivity contribution in [3.63, 3.8) is 0 Å². The van der Waals surface area contributed by atoms with E-state index >= 15 is 0 Å². The average molecular weight is 245 g/mol. The molecule has 0 N–H and O–H groups in total. The molecular formula is C14H25ClO. The fraction of sp³-hybridized carbons (Fsp3) is 1.00. The first-order chi connectivity index (χ1) is 7.65. The summed E-state index contributed by atoms with van der Waals surface area (Å²) in [6.45, 7) is 6.32. The molecule has 2 aliphatic rings. The highest BCUT2D eigenvalue weighted by Crippen LogP contribution is 2.61. The molecule has 0 spiro atoms. The van der Waals surface area contributed by atoms with Gasteiger partial charge in [-0.05, 0) is 55.3 Å². The lowest BCUT2D eigenvalue weighted by Gasteiger charge is -2.28. The molecule has 0 amide bonds. The quantitative estimate of drug-likeness (QED) is 0.484. The van der Waals surface area contributed by atoms with E-state index in [1.165, 1.54) is 32.1 Å². The lowest BCUT2D eigenvalue weighted by atomic mass is 9.82. The highest BCUT2D eigenvalue weighted by molar-refractivity contribution is 6.18. The third-order valence-electron chi connectivity index (χ3n) is 4.36. The number of alkyl halides is 1. The van der Waals surface area contributed by atoms with E-state index in [1.807, 2.05) is 0 Å². The molecule has 0 heterocycles. The molecule has 2 rings (SSSR count). The molecule has 94 valence electrons. The maximum atomic E-state index is 6.16. The molecule has 0 aromatic rings. The molecule has 1 nitrogen and oxygen atoms in total. The number of halogens is 1. The molecule has 0 bridgehead atoms. The Hall–Kier alpha value is 0.250. The van der Waals surface area contributed by atoms with Crippen LogP contribution in [0, 0.1) is 23.2 Å². The second kappa shape index (κ2) is 5.27. The fourth-order valence-electron chi connectivity index (χ4n) is 3.10. The van der Waals surface area contributed by atoms with Crippen LogP contribution in [0.5, 0.6) is 0 Å². The average Bonchev–Trinajstić information content (AvgIpc) is 2.86. The van der Waals surface area contributed by atoms with Gasteiger partial charge in [-0.1, -0.05) is 13.8 Å². The van der Waals surface area contributed by atoms with Crippen LogP contribution in [0.1, 0.15) is 46.0 Å². The van der Waals surface area contributed by atoms with E-state index in [9.17, 15) is 0 Å². The van der Waals surface area contributed by atoms with Gasteiger partial charge >= 0.3 is 0 Å². The zero-order valence-electron chi connectivity index (χ0n) is 10.7. The Kier molecular flexibility index (Phi) is 4.18. The van der Waals surface area contributed by atoms with Crippen LogP contribution in [0.25, 0.3) is 0 Å². The second-order valence-electron chi connectivity index (χ2n) is 6.34. The van der Waals surface area contributed by atoms with Crippen molar-refractivity contribution in [2.24, 2.45) is 23.2 Å². The Morgan fingerprint density at radius 3 is 2.50 bits per heavy atom. The van der Waals surface area contributed by atoms with Gasteiger partial charge in [0.25, 0.3) is 0 Å². The number of hydrogen-bond acceptors (Lipinski definition) is 1. The van der Waals surface area contributed by atoms with Crippen molar-refractivity contribution in [3.8, 4) is 0 Å². The van der Waals surface area contributed by atoms with Gasteiger partial charge in [0.2, 0.25) is 0 Å². The first-order valence-corrected chi connectivity index (χ1v) is 7.32. The summed E-state index contributed by atoms with van der Waals surface area (Å²) in [7, 11) is 0. The number of ether oxygens (including phenoxy) is 1. The van der Waals surface area contributed by atoms with Gasteiger partial charge in [-0.25, -0.2) is 0 Å². The Morgan fingerprint density at radius 2 is 1.94 bits per heavy atom. The lowest BCUT2D eigenvalue weighted by molar-refractivity contribution is 0.0901. The van der Waals surface area contributed by atoms with Crippen molar-refractivity contribution in [3.05, 3.63) is 0 Å². The molecule has 2 aliphatic carbocycles. The predicted octanol–water partition coefficient (Wildman–Crippen LogP) is 4.09. The molecule has 2 saturated carbocycles. The minimum atomic E-state index is 0.437. The predicted molar refractivity (Wildman–Crippen MR) is 68.9 cm³/mol. The van der Waals surface area contributed by atoms with E-state index in [-0.39, 0.29) is 0 Å². The van der Waals surface area contributed by atoms with Crippen LogP contribution < -0.4 is 0 Å². The van der Waals surface area contributed by atoms with Gasteiger partial charge in [0.05, 0.1) is 0 Å². The summed E-state index contributed by atoms with van der Waals surface area (Å²) >= 11 is 6.16. The summed E-state index contributed by atoms with van der Waals surface area (Å²) in [5, 5.41) is 0. The molecule has 0 saturated heterocycles. The molecule has 0 aromatic carbocycles. The Bertz CT molecular complexity index is 217. The number of fused-ring (bicyclic) bond motifs is 1. The molecule has 2 atom stereocenters. The maximum Gasteiger partial charge on any atom is 0.0471 e. The van der Waals surface area contributed by atoms with E-state index in [4.69, 9.17) is 16.3 Å². The Labute approximate surface area is 105 Å². The number of hydrogen-bond donors (Lipinski definition) is 0. The molecular weight excluding hydrogens is 220 g/mol. The zero-order chi connectivity index (χ0) is 11.6. The standard InChI is InChI=1S/C14H25ClO/c1-11(2)3-5-16-6-4-14(10-15)8-12-7-13(12)9-14/h11-13H,3-10H2,1-2H3. The van der Waals surface area contributed by atoms with Crippen molar-refractivity contribution in [2.45, 2.75) is 46.0 Å². The lowest BCUT2D eigenvalue weighted by Crippen LogP contribution is -2.23. The molecule has 0 aromatic heterocycles. The summed E-state index contributed by atoms with van der Waals surface area (Å²) in [6, 6.07) is 0. The van der Waals surface area contributed by atoms with E-state index in [0.717, 1.165) is 36.8 Å². The van der Waals surface area contributed by atoms with Crippen LogP contribution >= 0.6 is 11.6 Å². The van der Waals surface area contributed by atoms with Gasteiger partial charge in [0.15, 0.2) is 0 Å². The maximum absolute atomic E-state index is 6.16. The molecule has 2 fully saturated rings. The van der Waals surface area contributed by atoms with Crippen molar-refractivity contribution in [1.82, 2.24) is 0 Å². The highest BCUT2D eigenvalue weighted by atomic mass is 35.5. The second-order valence-corrected chi connectivity index (χ2v) is 6.61. The summed E-state index contributed by atoms with van der Waals surface area (Å²) in [6.07, 6.45) is 6.58.